The minimum absolute atomic E-state index is 0.0586. The second-order valence-corrected chi connectivity index (χ2v) is 12.7. The Morgan fingerprint density at radius 3 is 1.91 bits per heavy atom. The van der Waals surface area contributed by atoms with E-state index in [-0.39, 0.29) is 33.5 Å². The molecule has 2 heterocycles. The lowest BCUT2D eigenvalue weighted by Crippen LogP contribution is -2.46. The van der Waals surface area contributed by atoms with Crippen LogP contribution in [-0.2, 0) is 4.79 Å². The molecule has 1 amide bonds. The van der Waals surface area contributed by atoms with Gasteiger partial charge in [-0.1, -0.05) is 52.0 Å². The van der Waals surface area contributed by atoms with Gasteiger partial charge in [-0.15, -0.1) is 0 Å². The number of ketones is 3. The molecule has 3 aliphatic rings. The molecular weight excluding hydrogens is 594 g/mol. The van der Waals surface area contributed by atoms with Crippen molar-refractivity contribution in [2.75, 3.05) is 6.61 Å². The topological polar surface area (TPSA) is 202 Å². The Bertz CT molecular complexity index is 1520. The lowest BCUT2D eigenvalue weighted by atomic mass is 9.76. The predicted octanol–water partition coefficient (Wildman–Crippen LogP) is 2.32. The van der Waals surface area contributed by atoms with Crippen LogP contribution in [0.5, 0.6) is 5.75 Å². The highest BCUT2D eigenvalue weighted by Crippen LogP contribution is 2.35. The first-order valence-corrected chi connectivity index (χ1v) is 15.3. The van der Waals surface area contributed by atoms with Crippen molar-refractivity contribution in [2.24, 2.45) is 29.6 Å². The van der Waals surface area contributed by atoms with Crippen LogP contribution in [0.2, 0.25) is 0 Å². The van der Waals surface area contributed by atoms with Gasteiger partial charge in [0.25, 0.3) is 5.91 Å². The number of hydrogen-bond acceptors (Lipinski definition) is 10. The number of Topliss-reactive ketones (excluding diaryl/α,β-unsaturated/α-hetero) is 2. The first-order valence-electron chi connectivity index (χ1n) is 15.3. The maximum atomic E-state index is 13.7. The van der Waals surface area contributed by atoms with Crippen molar-refractivity contribution < 1.29 is 49.8 Å². The van der Waals surface area contributed by atoms with Gasteiger partial charge in [0.1, 0.15) is 5.75 Å². The summed E-state index contributed by atoms with van der Waals surface area (Å²) in [5.74, 6) is -7.57. The molecule has 11 nitrogen and oxygen atoms in total. The van der Waals surface area contributed by atoms with Gasteiger partial charge in [0.05, 0.1) is 42.3 Å². The van der Waals surface area contributed by atoms with Gasteiger partial charge in [-0.3, -0.25) is 19.2 Å². The third-order valence-electron chi connectivity index (χ3n) is 9.34. The van der Waals surface area contributed by atoms with Gasteiger partial charge in [-0.2, -0.15) is 0 Å². The van der Waals surface area contributed by atoms with Crippen LogP contribution < -0.4 is 5.32 Å². The van der Waals surface area contributed by atoms with E-state index in [2.05, 4.69) is 5.32 Å². The third-order valence-corrected chi connectivity index (χ3v) is 9.34. The van der Waals surface area contributed by atoms with E-state index in [1.54, 1.807) is 32.9 Å². The van der Waals surface area contributed by atoms with Crippen LogP contribution in [0.1, 0.15) is 78.2 Å². The third kappa shape index (κ3) is 7.29. The van der Waals surface area contributed by atoms with Crippen molar-refractivity contribution in [3.63, 3.8) is 0 Å². The van der Waals surface area contributed by atoms with Crippen LogP contribution in [0.3, 0.4) is 0 Å². The molecule has 2 aliphatic heterocycles. The number of rotatable bonds is 1. The maximum absolute atomic E-state index is 13.7. The summed E-state index contributed by atoms with van der Waals surface area (Å²) in [5.41, 5.74) is -1.02. The number of allylic oxidation sites excluding steroid dienone is 5. The summed E-state index contributed by atoms with van der Waals surface area (Å²) in [6.07, 6.45) is 1.87. The van der Waals surface area contributed by atoms with Crippen LogP contribution in [0.15, 0.2) is 53.3 Å². The number of aryl methyl sites for hydroxylation is 1. The van der Waals surface area contributed by atoms with E-state index in [4.69, 9.17) is 0 Å². The summed E-state index contributed by atoms with van der Waals surface area (Å²) in [7, 11) is 0. The number of carbonyl (C=O) groups is 4. The molecule has 9 atom stereocenters. The SMILES string of the molecule is CC1=CC=C[C@H](C)[C@H](O)[C@@H](C)[C@@H](O)[C@H](C)[C@H](O)[C@@H](C)[C@@H](O)C(CO)C=C(C)C(=O)c2c(O)c(C)cc3c2C(=O)C=C(NC1=O)C3=O. The van der Waals surface area contributed by atoms with Crippen LogP contribution in [0, 0.1) is 36.5 Å². The van der Waals surface area contributed by atoms with E-state index in [0.717, 1.165) is 6.08 Å². The van der Waals surface area contributed by atoms with Gasteiger partial charge in [0.2, 0.25) is 5.78 Å². The van der Waals surface area contributed by atoms with Crippen molar-refractivity contribution in [2.45, 2.75) is 72.9 Å². The van der Waals surface area contributed by atoms with Gasteiger partial charge >= 0.3 is 0 Å². The summed E-state index contributed by atoms with van der Waals surface area (Å²) in [5, 5.41) is 67.8. The smallest absolute Gasteiger partial charge is 0.251 e. The Balaban J connectivity index is 2.19. The molecule has 0 saturated carbocycles. The first kappa shape index (κ1) is 36.7. The molecule has 7 N–H and O–H groups in total. The number of benzene rings is 1. The second kappa shape index (κ2) is 14.8. The zero-order chi connectivity index (χ0) is 34.8. The van der Waals surface area contributed by atoms with E-state index >= 15 is 0 Å². The highest BCUT2D eigenvalue weighted by Gasteiger charge is 2.39. The molecule has 4 bridgehead atoms. The standard InChI is InChI=1S/C35H45NO10/c1-15-9-8-10-16(2)35(46)36-24-13-25(38)26-23(34(24)45)12-18(4)30(41)27(26)29(40)17(3)11-22(14-37)33(44)21(7)32(43)20(6)31(42)19(5)28(15)39/h8-13,15,19-22,28,31-33,37,39,41-44H,14H2,1-7H3,(H,36,46)/t15-,19+,20-,21+,22?,28-,31+,32-,33+/m0/s1. The molecule has 0 saturated heterocycles. The van der Waals surface area contributed by atoms with E-state index in [1.807, 2.05) is 0 Å². The van der Waals surface area contributed by atoms with Crippen molar-refractivity contribution in [3.05, 3.63) is 75.5 Å². The van der Waals surface area contributed by atoms with Crippen LogP contribution in [0.4, 0.5) is 0 Å². The molecule has 1 aromatic rings. The average Bonchev–Trinajstić information content (AvgIpc) is 3.03. The summed E-state index contributed by atoms with van der Waals surface area (Å²) >= 11 is 0. The van der Waals surface area contributed by atoms with Gasteiger partial charge in [0.15, 0.2) is 11.6 Å². The molecule has 250 valence electrons. The van der Waals surface area contributed by atoms with Crippen LogP contribution >= 0.6 is 0 Å². The summed E-state index contributed by atoms with van der Waals surface area (Å²) < 4.78 is 0. The average molecular weight is 640 g/mol. The summed E-state index contributed by atoms with van der Waals surface area (Å²) in [6.45, 7) is 10.1. The maximum Gasteiger partial charge on any atom is 0.251 e. The number of aliphatic hydroxyl groups is 5. The van der Waals surface area contributed by atoms with Gasteiger partial charge in [-0.05, 0) is 38.0 Å². The Morgan fingerprint density at radius 1 is 0.761 bits per heavy atom. The highest BCUT2D eigenvalue weighted by atomic mass is 16.3. The molecule has 46 heavy (non-hydrogen) atoms. The number of fused-ring (bicyclic) bond motifs is 15. The Kier molecular flexibility index (Phi) is 11.8. The molecule has 0 fully saturated rings. The normalized spacial score (nSPS) is 32.1. The number of phenols is 1. The molecule has 1 aromatic carbocycles. The lowest BCUT2D eigenvalue weighted by molar-refractivity contribution is -0.116. The fraction of sp³-hybridized carbons (Fsp3) is 0.486. The monoisotopic (exact) mass is 639 g/mol. The van der Waals surface area contributed by atoms with E-state index in [1.165, 1.54) is 45.9 Å². The molecule has 1 aliphatic carbocycles. The van der Waals surface area contributed by atoms with Gasteiger partial charge in [0, 0.05) is 52.4 Å². The molecule has 0 radical (unpaired) electrons. The number of carbonyl (C=O) groups excluding carboxylic acids is 4. The molecule has 4 rings (SSSR count). The van der Waals surface area contributed by atoms with Crippen molar-refractivity contribution in [3.8, 4) is 5.75 Å². The predicted molar refractivity (Wildman–Crippen MR) is 170 cm³/mol. The summed E-state index contributed by atoms with van der Waals surface area (Å²) in [4.78, 5) is 53.5. The van der Waals surface area contributed by atoms with Gasteiger partial charge in [-0.25, -0.2) is 0 Å². The largest absolute Gasteiger partial charge is 0.507 e. The van der Waals surface area contributed by atoms with E-state index in [0.29, 0.717) is 0 Å². The highest BCUT2D eigenvalue weighted by molar-refractivity contribution is 6.30. The Labute approximate surface area is 268 Å². The fourth-order valence-corrected chi connectivity index (χ4v) is 6.04. The van der Waals surface area contributed by atoms with Gasteiger partial charge < -0.3 is 36.0 Å². The Hall–Kier alpha value is -3.74. The minimum Gasteiger partial charge on any atom is -0.507 e. The van der Waals surface area contributed by atoms with Crippen molar-refractivity contribution >= 4 is 23.3 Å². The second-order valence-electron chi connectivity index (χ2n) is 12.7. The zero-order valence-electron chi connectivity index (χ0n) is 27.2. The number of amides is 1. The minimum atomic E-state index is -1.39. The zero-order valence-corrected chi connectivity index (χ0v) is 27.2. The molecule has 11 heteroatoms. The van der Waals surface area contributed by atoms with E-state index < -0.39 is 95.2 Å². The fourth-order valence-electron chi connectivity index (χ4n) is 6.04. The van der Waals surface area contributed by atoms with Crippen LogP contribution in [0.25, 0.3) is 0 Å². The van der Waals surface area contributed by atoms with E-state index in [9.17, 15) is 49.8 Å². The quantitative estimate of drug-likeness (QED) is 0.239. The lowest BCUT2D eigenvalue weighted by Gasteiger charge is -2.37. The number of phenolic OH excluding ortho intramolecular Hbond substituents is 1. The van der Waals surface area contributed by atoms with Crippen LogP contribution in [-0.4, -0.2) is 84.9 Å². The first-order chi connectivity index (χ1) is 21.4. The van der Waals surface area contributed by atoms with Crippen molar-refractivity contribution in [1.29, 1.82) is 0 Å². The number of nitrogens with one attached hydrogen (secondary N) is 1. The molecular formula is C35H45NO10. The number of hydrogen-bond donors (Lipinski definition) is 7. The summed E-state index contributed by atoms with van der Waals surface area (Å²) in [6, 6.07) is 1.26. The Morgan fingerprint density at radius 2 is 1.33 bits per heavy atom. The molecule has 0 aromatic heterocycles. The number of aromatic hydroxyl groups is 1. The molecule has 1 unspecified atom stereocenters. The molecule has 0 spiro atoms. The number of aliphatic hydroxyl groups excluding tert-OH is 5. The van der Waals surface area contributed by atoms with Crippen molar-refractivity contribution in [1.82, 2.24) is 5.32 Å².